The third kappa shape index (κ3) is 3.88. The van der Waals surface area contributed by atoms with Gasteiger partial charge >= 0.3 is 0 Å². The largest absolute Gasteiger partial charge is 0.352 e. The summed E-state index contributed by atoms with van der Waals surface area (Å²) in [5, 5.41) is 2.98. The van der Waals surface area contributed by atoms with E-state index >= 15 is 0 Å². The molecule has 1 N–H and O–H groups in total. The van der Waals surface area contributed by atoms with E-state index < -0.39 is 0 Å². The summed E-state index contributed by atoms with van der Waals surface area (Å²) in [5.74, 6) is 1.24. The normalized spacial score (nSPS) is 13.1. The predicted molar refractivity (Wildman–Crippen MR) is 110 cm³/mol. The molecule has 142 valence electrons. The molecule has 0 unspecified atom stereocenters. The molecule has 1 aliphatic rings. The van der Waals surface area contributed by atoms with Crippen LogP contribution in [0.15, 0.2) is 54.6 Å². The summed E-state index contributed by atoms with van der Waals surface area (Å²) in [7, 11) is 0. The Morgan fingerprint density at radius 2 is 1.79 bits per heavy atom. The van der Waals surface area contributed by atoms with Gasteiger partial charge in [0.05, 0.1) is 0 Å². The van der Waals surface area contributed by atoms with E-state index in [4.69, 9.17) is 0 Å². The smallest absolute Gasteiger partial charge is 0.270 e. The zero-order chi connectivity index (χ0) is 19.5. The second kappa shape index (κ2) is 7.80. The Labute approximate surface area is 165 Å². The molecule has 3 aromatic rings. The number of aryl methyl sites for hydroxylation is 2. The fourth-order valence-corrected chi connectivity index (χ4v) is 3.60. The van der Waals surface area contributed by atoms with Crippen molar-refractivity contribution in [3.63, 3.8) is 0 Å². The van der Waals surface area contributed by atoms with Crippen LogP contribution in [-0.2, 0) is 19.5 Å². The van der Waals surface area contributed by atoms with E-state index in [0.29, 0.717) is 18.1 Å². The van der Waals surface area contributed by atoms with Crippen molar-refractivity contribution in [3.05, 3.63) is 88.4 Å². The summed E-state index contributed by atoms with van der Waals surface area (Å²) in [5.41, 5.74) is 5.38. The predicted octanol–water partition coefficient (Wildman–Crippen LogP) is 3.59. The lowest BCUT2D eigenvalue weighted by Crippen LogP contribution is -2.32. The maximum absolute atomic E-state index is 12.7. The number of hydrogen-bond donors (Lipinski definition) is 1. The SMILES string of the molecule is Cc1nc(C(=O)NCc2ccccc2C)cc(N2CCc3ccccc3C2)n1. The number of hydrogen-bond acceptors (Lipinski definition) is 4. The molecule has 0 bridgehead atoms. The highest BCUT2D eigenvalue weighted by molar-refractivity contribution is 5.93. The van der Waals surface area contributed by atoms with Gasteiger partial charge in [-0.3, -0.25) is 4.79 Å². The monoisotopic (exact) mass is 372 g/mol. The molecule has 0 atom stereocenters. The standard InChI is InChI=1S/C23H24N4O/c1-16-7-3-4-9-19(16)14-24-23(28)21-13-22(26-17(2)25-21)27-12-11-18-8-5-6-10-20(18)15-27/h3-10,13H,11-12,14-15H2,1-2H3,(H,24,28). The maximum Gasteiger partial charge on any atom is 0.270 e. The molecule has 4 rings (SSSR count). The van der Waals surface area contributed by atoms with Crippen LogP contribution in [0.5, 0.6) is 0 Å². The van der Waals surface area contributed by atoms with Crippen LogP contribution in [0.2, 0.25) is 0 Å². The van der Waals surface area contributed by atoms with Gasteiger partial charge in [0, 0.05) is 25.7 Å². The molecule has 0 saturated carbocycles. The summed E-state index contributed by atoms with van der Waals surface area (Å²) < 4.78 is 0. The highest BCUT2D eigenvalue weighted by Gasteiger charge is 2.19. The quantitative estimate of drug-likeness (QED) is 0.760. The Balaban J connectivity index is 1.51. The van der Waals surface area contributed by atoms with Gasteiger partial charge < -0.3 is 10.2 Å². The van der Waals surface area contributed by atoms with Gasteiger partial charge in [-0.1, -0.05) is 48.5 Å². The molecule has 5 heteroatoms. The van der Waals surface area contributed by atoms with Gasteiger partial charge in [0.25, 0.3) is 5.91 Å². The first-order valence-electron chi connectivity index (χ1n) is 9.60. The Bertz CT molecular complexity index is 1010. The zero-order valence-corrected chi connectivity index (χ0v) is 16.3. The van der Waals surface area contributed by atoms with Crippen LogP contribution in [0.25, 0.3) is 0 Å². The Morgan fingerprint density at radius 3 is 2.61 bits per heavy atom. The Kier molecular flexibility index (Phi) is 5.06. The van der Waals surface area contributed by atoms with Crippen LogP contribution in [-0.4, -0.2) is 22.4 Å². The zero-order valence-electron chi connectivity index (χ0n) is 16.3. The van der Waals surface area contributed by atoms with Gasteiger partial charge in [-0.25, -0.2) is 9.97 Å². The summed E-state index contributed by atoms with van der Waals surface area (Å²) in [6.45, 7) is 6.05. The van der Waals surface area contributed by atoms with Crippen molar-refractivity contribution >= 4 is 11.7 Å². The first kappa shape index (κ1) is 18.2. The molecule has 1 aromatic heterocycles. The van der Waals surface area contributed by atoms with Crippen molar-refractivity contribution in [1.29, 1.82) is 0 Å². The van der Waals surface area contributed by atoms with E-state index in [1.807, 2.05) is 38.1 Å². The minimum absolute atomic E-state index is 0.174. The van der Waals surface area contributed by atoms with E-state index in [-0.39, 0.29) is 5.91 Å². The average molecular weight is 372 g/mol. The molecule has 0 radical (unpaired) electrons. The van der Waals surface area contributed by atoms with Crippen molar-refractivity contribution in [2.45, 2.75) is 33.4 Å². The number of carbonyl (C=O) groups excluding carboxylic acids is 1. The maximum atomic E-state index is 12.7. The van der Waals surface area contributed by atoms with Crippen molar-refractivity contribution in [3.8, 4) is 0 Å². The van der Waals surface area contributed by atoms with Crippen molar-refractivity contribution in [2.75, 3.05) is 11.4 Å². The van der Waals surface area contributed by atoms with Gasteiger partial charge in [0.15, 0.2) is 0 Å². The van der Waals surface area contributed by atoms with Gasteiger partial charge in [0.2, 0.25) is 0 Å². The fraction of sp³-hybridized carbons (Fsp3) is 0.261. The molecule has 0 aliphatic carbocycles. The van der Waals surface area contributed by atoms with Crippen LogP contribution in [0.3, 0.4) is 0 Å². The molecule has 0 fully saturated rings. The van der Waals surface area contributed by atoms with Gasteiger partial charge in [-0.2, -0.15) is 0 Å². The van der Waals surface area contributed by atoms with Gasteiger partial charge in [0.1, 0.15) is 17.3 Å². The third-order valence-corrected chi connectivity index (χ3v) is 5.21. The van der Waals surface area contributed by atoms with Crippen LogP contribution < -0.4 is 10.2 Å². The lowest BCUT2D eigenvalue weighted by atomic mass is 10.00. The summed E-state index contributed by atoms with van der Waals surface area (Å²) >= 11 is 0. The van der Waals surface area contributed by atoms with E-state index in [0.717, 1.165) is 36.5 Å². The summed E-state index contributed by atoms with van der Waals surface area (Å²) in [6.07, 6.45) is 0.980. The number of benzene rings is 2. The number of anilines is 1. The molecule has 0 saturated heterocycles. The van der Waals surface area contributed by atoms with E-state index in [9.17, 15) is 4.79 Å². The summed E-state index contributed by atoms with van der Waals surface area (Å²) in [6, 6.07) is 18.3. The molecule has 2 aromatic carbocycles. The minimum Gasteiger partial charge on any atom is -0.352 e. The lowest BCUT2D eigenvalue weighted by Gasteiger charge is -2.30. The van der Waals surface area contributed by atoms with Crippen molar-refractivity contribution in [1.82, 2.24) is 15.3 Å². The van der Waals surface area contributed by atoms with Gasteiger partial charge in [-0.05, 0) is 42.5 Å². The third-order valence-electron chi connectivity index (χ3n) is 5.21. The van der Waals surface area contributed by atoms with Crippen LogP contribution in [0, 0.1) is 13.8 Å². The van der Waals surface area contributed by atoms with Gasteiger partial charge in [-0.15, -0.1) is 0 Å². The highest BCUT2D eigenvalue weighted by Crippen LogP contribution is 2.23. The lowest BCUT2D eigenvalue weighted by molar-refractivity contribution is 0.0945. The first-order chi connectivity index (χ1) is 13.6. The Hall–Kier alpha value is -3.21. The summed E-state index contributed by atoms with van der Waals surface area (Å²) in [4.78, 5) is 23.9. The molecule has 1 amide bonds. The number of fused-ring (bicyclic) bond motifs is 1. The molecular formula is C23H24N4O. The van der Waals surface area contributed by atoms with Crippen molar-refractivity contribution < 1.29 is 4.79 Å². The average Bonchev–Trinajstić information content (AvgIpc) is 2.72. The van der Waals surface area contributed by atoms with Crippen molar-refractivity contribution in [2.24, 2.45) is 0 Å². The number of carbonyl (C=O) groups is 1. The number of rotatable bonds is 4. The molecule has 5 nitrogen and oxygen atoms in total. The number of nitrogens with zero attached hydrogens (tertiary/aromatic N) is 3. The molecule has 28 heavy (non-hydrogen) atoms. The highest BCUT2D eigenvalue weighted by atomic mass is 16.1. The number of nitrogens with one attached hydrogen (secondary N) is 1. The minimum atomic E-state index is -0.174. The second-order valence-electron chi connectivity index (χ2n) is 7.21. The van der Waals surface area contributed by atoms with Crippen LogP contribution in [0.4, 0.5) is 5.82 Å². The van der Waals surface area contributed by atoms with E-state index in [1.54, 1.807) is 6.07 Å². The van der Waals surface area contributed by atoms with Crippen LogP contribution >= 0.6 is 0 Å². The van der Waals surface area contributed by atoms with E-state index in [1.165, 1.54) is 11.1 Å². The fourth-order valence-electron chi connectivity index (χ4n) is 3.60. The number of amides is 1. The molecular weight excluding hydrogens is 348 g/mol. The topological polar surface area (TPSA) is 58.1 Å². The molecule has 0 spiro atoms. The first-order valence-corrected chi connectivity index (χ1v) is 9.60. The van der Waals surface area contributed by atoms with Crippen LogP contribution in [0.1, 0.15) is 38.6 Å². The second-order valence-corrected chi connectivity index (χ2v) is 7.21. The van der Waals surface area contributed by atoms with E-state index in [2.05, 4.69) is 44.5 Å². The molecule has 2 heterocycles. The Morgan fingerprint density at radius 1 is 1.04 bits per heavy atom. The molecule has 1 aliphatic heterocycles. The number of aromatic nitrogens is 2.